The highest BCUT2D eigenvalue weighted by Gasteiger charge is 2.17. The van der Waals surface area contributed by atoms with Crippen molar-refractivity contribution in [2.45, 2.75) is 39.4 Å². The van der Waals surface area contributed by atoms with Crippen LogP contribution in [0.1, 0.15) is 42.3 Å². The third-order valence-corrected chi connectivity index (χ3v) is 5.11. The van der Waals surface area contributed by atoms with Crippen LogP contribution in [0.15, 0.2) is 41.8 Å². The predicted octanol–water partition coefficient (Wildman–Crippen LogP) is 3.08. The van der Waals surface area contributed by atoms with Crippen LogP contribution < -0.4 is 10.6 Å². The van der Waals surface area contributed by atoms with E-state index >= 15 is 0 Å². The number of benzene rings is 1. The number of amides is 2. The molecule has 0 bridgehead atoms. The fourth-order valence-corrected chi connectivity index (χ4v) is 3.46. The van der Waals surface area contributed by atoms with Crippen molar-refractivity contribution in [2.75, 3.05) is 13.6 Å². The molecule has 0 aliphatic heterocycles. The van der Waals surface area contributed by atoms with Crippen molar-refractivity contribution in [3.05, 3.63) is 57.8 Å². The lowest BCUT2D eigenvalue weighted by molar-refractivity contribution is -0.122. The summed E-state index contributed by atoms with van der Waals surface area (Å²) < 4.78 is 0. The Morgan fingerprint density at radius 1 is 1.19 bits per heavy atom. The number of rotatable bonds is 9. The van der Waals surface area contributed by atoms with Crippen molar-refractivity contribution < 1.29 is 9.59 Å². The highest BCUT2D eigenvalue weighted by molar-refractivity contribution is 7.10. The highest BCUT2D eigenvalue weighted by atomic mass is 32.1. The van der Waals surface area contributed by atoms with E-state index in [1.54, 1.807) is 0 Å². The van der Waals surface area contributed by atoms with Crippen molar-refractivity contribution in [2.24, 2.45) is 0 Å². The zero-order valence-electron chi connectivity index (χ0n) is 15.6. The minimum atomic E-state index is -0.281. The Morgan fingerprint density at radius 2 is 1.96 bits per heavy atom. The van der Waals surface area contributed by atoms with Gasteiger partial charge in [-0.2, -0.15) is 0 Å². The van der Waals surface area contributed by atoms with Gasteiger partial charge in [-0.05, 0) is 36.2 Å². The van der Waals surface area contributed by atoms with Crippen LogP contribution >= 0.6 is 11.3 Å². The maximum absolute atomic E-state index is 12.3. The van der Waals surface area contributed by atoms with Crippen LogP contribution in [0.25, 0.3) is 0 Å². The molecule has 140 valence electrons. The molecule has 2 rings (SSSR count). The standard InChI is InChI=1S/C20H27N3O2S/c1-4-23(3)14-17-8-5-7-16(11-17)13-21-20(25)12-18(22-15(2)24)19-9-6-10-26-19/h5-11,18H,4,12-14H2,1-3H3,(H,21,25)(H,22,24). The second kappa shape index (κ2) is 10.1. The van der Waals surface area contributed by atoms with Gasteiger partial charge in [0.25, 0.3) is 0 Å². The summed E-state index contributed by atoms with van der Waals surface area (Å²) in [5.41, 5.74) is 2.31. The molecule has 5 nitrogen and oxygen atoms in total. The lowest BCUT2D eigenvalue weighted by Gasteiger charge is -2.17. The van der Waals surface area contributed by atoms with Crippen molar-refractivity contribution in [3.63, 3.8) is 0 Å². The van der Waals surface area contributed by atoms with Gasteiger partial charge in [0.1, 0.15) is 0 Å². The molecule has 1 heterocycles. The van der Waals surface area contributed by atoms with Crippen LogP contribution in [0.4, 0.5) is 0 Å². The van der Waals surface area contributed by atoms with Gasteiger partial charge in [-0.3, -0.25) is 9.59 Å². The molecule has 0 saturated carbocycles. The Kier molecular flexibility index (Phi) is 7.81. The molecule has 0 aliphatic carbocycles. The van der Waals surface area contributed by atoms with E-state index in [0.29, 0.717) is 6.54 Å². The quantitative estimate of drug-likeness (QED) is 0.710. The number of thiophene rings is 1. The average molecular weight is 374 g/mol. The summed E-state index contributed by atoms with van der Waals surface area (Å²) in [7, 11) is 2.08. The maximum Gasteiger partial charge on any atom is 0.222 e. The molecular formula is C20H27N3O2S. The first kappa shape index (κ1) is 20.1. The Bertz CT molecular complexity index is 716. The van der Waals surface area contributed by atoms with Gasteiger partial charge < -0.3 is 15.5 Å². The van der Waals surface area contributed by atoms with E-state index in [1.807, 2.05) is 29.6 Å². The summed E-state index contributed by atoms with van der Waals surface area (Å²) in [5.74, 6) is -0.211. The van der Waals surface area contributed by atoms with Crippen molar-refractivity contribution in [1.82, 2.24) is 15.5 Å². The molecular weight excluding hydrogens is 346 g/mol. The van der Waals surface area contributed by atoms with E-state index in [1.165, 1.54) is 23.8 Å². The normalized spacial score (nSPS) is 12.0. The second-order valence-electron chi connectivity index (χ2n) is 6.40. The number of nitrogens with one attached hydrogen (secondary N) is 2. The average Bonchev–Trinajstić information content (AvgIpc) is 3.14. The molecule has 1 atom stereocenters. The lowest BCUT2D eigenvalue weighted by atomic mass is 10.1. The second-order valence-corrected chi connectivity index (χ2v) is 7.38. The third-order valence-electron chi connectivity index (χ3n) is 4.13. The van der Waals surface area contributed by atoms with Crippen LogP contribution in [0, 0.1) is 0 Å². The number of hydrogen-bond acceptors (Lipinski definition) is 4. The number of hydrogen-bond donors (Lipinski definition) is 2. The zero-order valence-corrected chi connectivity index (χ0v) is 16.4. The van der Waals surface area contributed by atoms with E-state index in [2.05, 4.69) is 41.6 Å². The van der Waals surface area contributed by atoms with E-state index in [9.17, 15) is 9.59 Å². The molecule has 2 N–H and O–H groups in total. The summed E-state index contributed by atoms with van der Waals surface area (Å²) in [6, 6.07) is 11.8. The predicted molar refractivity (Wildman–Crippen MR) is 106 cm³/mol. The molecule has 1 unspecified atom stereocenters. The topological polar surface area (TPSA) is 61.4 Å². The molecule has 26 heavy (non-hydrogen) atoms. The summed E-state index contributed by atoms with van der Waals surface area (Å²) in [4.78, 5) is 27.0. The van der Waals surface area contributed by atoms with Crippen molar-refractivity contribution in [1.29, 1.82) is 0 Å². The Morgan fingerprint density at radius 3 is 2.62 bits per heavy atom. The Balaban J connectivity index is 1.91. The van der Waals surface area contributed by atoms with E-state index in [0.717, 1.165) is 23.5 Å². The van der Waals surface area contributed by atoms with Crippen molar-refractivity contribution in [3.8, 4) is 0 Å². The maximum atomic E-state index is 12.3. The number of carbonyl (C=O) groups is 2. The Labute approximate surface area is 159 Å². The van der Waals surface area contributed by atoms with Gasteiger partial charge in [0, 0.05) is 24.9 Å². The van der Waals surface area contributed by atoms with Crippen LogP contribution in [0.3, 0.4) is 0 Å². The zero-order chi connectivity index (χ0) is 18.9. The molecule has 0 saturated heterocycles. The highest BCUT2D eigenvalue weighted by Crippen LogP contribution is 2.22. The van der Waals surface area contributed by atoms with Gasteiger partial charge in [0.05, 0.1) is 12.5 Å². The fraction of sp³-hybridized carbons (Fsp3) is 0.400. The van der Waals surface area contributed by atoms with Gasteiger partial charge in [-0.1, -0.05) is 37.3 Å². The van der Waals surface area contributed by atoms with Gasteiger partial charge in [0.15, 0.2) is 0 Å². The van der Waals surface area contributed by atoms with Crippen LogP contribution in [-0.4, -0.2) is 30.3 Å². The van der Waals surface area contributed by atoms with Gasteiger partial charge in [-0.25, -0.2) is 0 Å². The first-order chi connectivity index (χ1) is 12.5. The first-order valence-electron chi connectivity index (χ1n) is 8.81. The number of carbonyl (C=O) groups excluding carboxylic acids is 2. The summed E-state index contributed by atoms with van der Waals surface area (Å²) >= 11 is 1.54. The van der Waals surface area contributed by atoms with Gasteiger partial charge >= 0.3 is 0 Å². The largest absolute Gasteiger partial charge is 0.352 e. The summed E-state index contributed by atoms with van der Waals surface area (Å²) in [6.45, 7) is 5.97. The third kappa shape index (κ3) is 6.61. The molecule has 6 heteroatoms. The Hall–Kier alpha value is -2.18. The molecule has 0 spiro atoms. The SMILES string of the molecule is CCN(C)Cc1cccc(CNC(=O)CC(NC(C)=O)c2cccs2)c1. The van der Waals surface area contributed by atoms with Crippen LogP contribution in [-0.2, 0) is 22.7 Å². The van der Waals surface area contributed by atoms with Gasteiger partial charge in [-0.15, -0.1) is 11.3 Å². The molecule has 0 aliphatic rings. The summed E-state index contributed by atoms with van der Waals surface area (Å²) in [6.07, 6.45) is 0.234. The molecule has 2 amide bonds. The molecule has 1 aromatic carbocycles. The van der Waals surface area contributed by atoms with E-state index in [-0.39, 0.29) is 24.3 Å². The minimum Gasteiger partial charge on any atom is -0.352 e. The summed E-state index contributed by atoms with van der Waals surface area (Å²) in [5, 5.41) is 7.76. The molecule has 0 fully saturated rings. The molecule has 0 radical (unpaired) electrons. The van der Waals surface area contributed by atoms with Crippen LogP contribution in [0.5, 0.6) is 0 Å². The van der Waals surface area contributed by atoms with Gasteiger partial charge in [0.2, 0.25) is 11.8 Å². The molecule has 1 aromatic heterocycles. The first-order valence-corrected chi connectivity index (χ1v) is 9.69. The van der Waals surface area contributed by atoms with Crippen LogP contribution in [0.2, 0.25) is 0 Å². The monoisotopic (exact) mass is 373 g/mol. The fourth-order valence-electron chi connectivity index (χ4n) is 2.68. The minimum absolute atomic E-state index is 0.0757. The molecule has 2 aromatic rings. The number of nitrogens with zero attached hydrogens (tertiary/aromatic N) is 1. The van der Waals surface area contributed by atoms with E-state index in [4.69, 9.17) is 0 Å². The van der Waals surface area contributed by atoms with Crippen molar-refractivity contribution >= 4 is 23.2 Å². The lowest BCUT2D eigenvalue weighted by Crippen LogP contribution is -2.32. The smallest absolute Gasteiger partial charge is 0.222 e. The van der Waals surface area contributed by atoms with E-state index < -0.39 is 0 Å².